The van der Waals surface area contributed by atoms with Crippen molar-refractivity contribution in [3.05, 3.63) is 133 Å². The van der Waals surface area contributed by atoms with Gasteiger partial charge in [0.05, 0.1) is 0 Å². The van der Waals surface area contributed by atoms with Crippen molar-refractivity contribution in [1.82, 2.24) is 15.0 Å². The highest BCUT2D eigenvalue weighted by Crippen LogP contribution is 2.32. The Morgan fingerprint density at radius 1 is 0.273 bits per heavy atom. The molecule has 3 nitrogen and oxygen atoms in total. The van der Waals surface area contributed by atoms with Gasteiger partial charge >= 0.3 is 0 Å². The number of hydrogen-bond acceptors (Lipinski definition) is 3. The minimum Gasteiger partial charge on any atom is -0.208 e. The summed E-state index contributed by atoms with van der Waals surface area (Å²) in [5.41, 5.74) is 17.2. The van der Waals surface area contributed by atoms with E-state index in [2.05, 4.69) is 188 Å². The van der Waals surface area contributed by atoms with Gasteiger partial charge in [0.15, 0.2) is 17.5 Å². The Morgan fingerprint density at radius 3 is 1.31 bits per heavy atom. The molecule has 0 unspecified atom stereocenters. The second kappa shape index (κ2) is 13.7. The summed E-state index contributed by atoms with van der Waals surface area (Å²) in [5, 5.41) is 7.37. The summed E-state index contributed by atoms with van der Waals surface area (Å²) in [7, 11) is 15.9. The van der Waals surface area contributed by atoms with E-state index in [1.54, 1.807) is 0 Å². The Morgan fingerprint density at radius 2 is 0.691 bits per heavy atom. The molecule has 0 N–H and O–H groups in total. The van der Waals surface area contributed by atoms with Gasteiger partial charge in [-0.2, -0.15) is 0 Å². The Bertz CT molecular complexity index is 3010. The molecule has 0 bridgehead atoms. The minimum absolute atomic E-state index is 0.651. The normalized spacial score (nSPS) is 11.4. The number of hydrogen-bond donors (Lipinski definition) is 0. The summed E-state index contributed by atoms with van der Waals surface area (Å²) in [4.78, 5) is 15.6. The van der Waals surface area contributed by atoms with Crippen LogP contribution in [-0.4, -0.2) is 69.9 Å². The van der Waals surface area contributed by atoms with E-state index in [-0.39, 0.29) is 0 Å². The molecule has 10 heteroatoms. The van der Waals surface area contributed by atoms with Gasteiger partial charge in [0.1, 0.15) is 54.9 Å². The van der Waals surface area contributed by atoms with Crippen LogP contribution in [0.1, 0.15) is 0 Å². The molecule has 0 spiro atoms. The van der Waals surface area contributed by atoms with Crippen LogP contribution in [0.4, 0.5) is 0 Å². The third-order valence-electron chi connectivity index (χ3n) is 12.1. The molecule has 0 aliphatic heterocycles. The monoisotopic (exact) mass is 695 g/mol. The van der Waals surface area contributed by atoms with Crippen molar-refractivity contribution in [3.8, 4) is 56.4 Å². The first-order chi connectivity index (χ1) is 26.7. The lowest BCUT2D eigenvalue weighted by molar-refractivity contribution is 1.08. The fourth-order valence-corrected chi connectivity index (χ4v) is 8.40. The van der Waals surface area contributed by atoms with Crippen LogP contribution >= 0.6 is 0 Å². The molecule has 0 fully saturated rings. The van der Waals surface area contributed by atoms with Crippen LogP contribution in [0.2, 0.25) is 0 Å². The summed E-state index contributed by atoms with van der Waals surface area (Å²) >= 11 is 0. The van der Waals surface area contributed by atoms with Gasteiger partial charge in [-0.15, -0.1) is 16.4 Å². The molecule has 0 radical (unpaired) electrons. The summed E-state index contributed by atoms with van der Waals surface area (Å²) in [5.74, 6) is 1.96. The Labute approximate surface area is 328 Å². The lowest BCUT2D eigenvalue weighted by atomic mass is 9.59. The maximum atomic E-state index is 5.22. The number of fused-ring (bicyclic) bond motifs is 3. The summed E-state index contributed by atoms with van der Waals surface area (Å²) in [6.45, 7) is 0. The first-order valence-electron chi connectivity index (χ1n) is 19.1. The van der Waals surface area contributed by atoms with Crippen LogP contribution in [0.3, 0.4) is 0 Å². The lowest BCUT2D eigenvalue weighted by Crippen LogP contribution is -2.52. The minimum atomic E-state index is 0.651. The van der Waals surface area contributed by atoms with E-state index in [0.29, 0.717) is 17.5 Å². The van der Waals surface area contributed by atoms with Crippen molar-refractivity contribution in [3.63, 3.8) is 0 Å². The van der Waals surface area contributed by atoms with Gasteiger partial charge in [-0.05, 0) is 78.8 Å². The quantitative estimate of drug-likeness (QED) is 0.228. The van der Waals surface area contributed by atoms with Crippen LogP contribution in [-0.2, 0) is 0 Å². The maximum absolute atomic E-state index is 5.22. The Kier molecular flexibility index (Phi) is 8.65. The first-order valence-corrected chi connectivity index (χ1v) is 19.1. The summed E-state index contributed by atoms with van der Waals surface area (Å²) in [6.07, 6.45) is 0. The number of benzene rings is 8. The van der Waals surface area contributed by atoms with Crippen molar-refractivity contribution in [2.24, 2.45) is 0 Å². The molecule has 1 aromatic heterocycles. The van der Waals surface area contributed by atoms with E-state index in [9.17, 15) is 0 Å². The van der Waals surface area contributed by atoms with Gasteiger partial charge in [0.25, 0.3) is 0 Å². The average molecular weight is 694 g/mol. The Hall–Kier alpha value is -6.00. The molecule has 0 amide bonds. The van der Waals surface area contributed by atoms with E-state index in [1.165, 1.54) is 82.0 Å². The zero-order valence-electron chi connectivity index (χ0n) is 32.5. The second-order valence-corrected chi connectivity index (χ2v) is 15.1. The van der Waals surface area contributed by atoms with Crippen LogP contribution < -0.4 is 38.2 Å². The summed E-state index contributed by atoms with van der Waals surface area (Å²) < 4.78 is 0. The molecule has 0 aliphatic carbocycles. The van der Waals surface area contributed by atoms with E-state index < -0.39 is 0 Å². The molecule has 0 atom stereocenters. The molecule has 0 saturated carbocycles. The molecule has 9 aromatic rings. The highest BCUT2D eigenvalue weighted by atomic mass is 15.0. The number of nitrogens with zero attached hydrogens (tertiary/aromatic N) is 3. The highest BCUT2D eigenvalue weighted by Gasteiger charge is 2.20. The molecule has 252 valence electrons. The van der Waals surface area contributed by atoms with Gasteiger partial charge in [-0.25, -0.2) is 15.0 Å². The molecular weight excluding hydrogens is 658 g/mol. The first kappa shape index (κ1) is 34.8. The molecule has 0 saturated heterocycles. The molecule has 1 heterocycles. The molecule has 8 aromatic carbocycles. The average Bonchev–Trinajstić information content (AvgIpc) is 3.23. The standard InChI is InChI=1S/C45H36B7N3/c46-36-33(34-35(38(48)40(36)50)39(49)42(52)41(51)37(34)47)29-11-6-12-30(22-29)43-53-44(31-17-13-24-9-4-5-10-25(24)20-31)55-45(54-43)32-18-16-27-19-26(14-15-28(27)21-32)23-7-2-1-3-8-23/h1-22H,46-52H2. The zero-order chi connectivity index (χ0) is 38.0. The van der Waals surface area contributed by atoms with Gasteiger partial charge in [-0.3, -0.25) is 0 Å². The maximum Gasteiger partial charge on any atom is 0.164 e. The lowest BCUT2D eigenvalue weighted by Gasteiger charge is -2.25. The number of rotatable bonds is 5. The van der Waals surface area contributed by atoms with E-state index in [4.69, 9.17) is 15.0 Å². The third-order valence-corrected chi connectivity index (χ3v) is 12.1. The van der Waals surface area contributed by atoms with Crippen molar-refractivity contribution >= 4 is 125 Å². The number of aromatic nitrogens is 3. The topological polar surface area (TPSA) is 38.7 Å². The van der Waals surface area contributed by atoms with Crippen LogP contribution in [0.5, 0.6) is 0 Å². The SMILES string of the molecule is Bc1c(B)c(B)c2c(-c3cccc(-c4nc(-c5ccc6ccccc6c5)nc(-c5ccc6cc(-c7ccccc7)ccc6c5)n4)c3)c(B)c(B)c(B)c2c1B. The van der Waals surface area contributed by atoms with Gasteiger partial charge < -0.3 is 0 Å². The van der Waals surface area contributed by atoms with Gasteiger partial charge in [-0.1, -0.05) is 131 Å². The highest BCUT2D eigenvalue weighted by molar-refractivity contribution is 6.71. The van der Waals surface area contributed by atoms with Crippen LogP contribution in [0.25, 0.3) is 88.7 Å². The van der Waals surface area contributed by atoms with Crippen molar-refractivity contribution < 1.29 is 0 Å². The van der Waals surface area contributed by atoms with E-state index in [0.717, 1.165) is 27.5 Å². The predicted octanol–water partition coefficient (Wildman–Crippen LogP) is -0.525. The smallest absolute Gasteiger partial charge is 0.164 e. The fourth-order valence-electron chi connectivity index (χ4n) is 8.40. The Balaban J connectivity index is 1.23. The van der Waals surface area contributed by atoms with E-state index in [1.807, 2.05) is 0 Å². The third kappa shape index (κ3) is 6.01. The molecule has 55 heavy (non-hydrogen) atoms. The zero-order valence-corrected chi connectivity index (χ0v) is 32.5. The van der Waals surface area contributed by atoms with Crippen molar-refractivity contribution in [2.75, 3.05) is 0 Å². The second-order valence-electron chi connectivity index (χ2n) is 15.1. The predicted molar refractivity (Wildman–Crippen MR) is 257 cm³/mol. The molecule has 0 aliphatic rings. The van der Waals surface area contributed by atoms with Gasteiger partial charge in [0, 0.05) is 16.7 Å². The fraction of sp³-hybridized carbons (Fsp3) is 0. The molecular formula is C45H36B7N3. The van der Waals surface area contributed by atoms with Crippen LogP contribution in [0.15, 0.2) is 133 Å². The van der Waals surface area contributed by atoms with Gasteiger partial charge in [0.2, 0.25) is 0 Å². The molecule has 9 rings (SSSR count). The van der Waals surface area contributed by atoms with E-state index >= 15 is 0 Å². The van der Waals surface area contributed by atoms with Crippen molar-refractivity contribution in [2.45, 2.75) is 0 Å². The van der Waals surface area contributed by atoms with Crippen LogP contribution in [0, 0.1) is 0 Å². The van der Waals surface area contributed by atoms with Crippen molar-refractivity contribution in [1.29, 1.82) is 0 Å². The largest absolute Gasteiger partial charge is 0.208 e. The summed E-state index contributed by atoms with van der Waals surface area (Å²) in [6, 6.07) is 47.3.